The number of anilines is 1. The number of ether oxygens (including phenoxy) is 1. The van der Waals surface area contributed by atoms with Gasteiger partial charge in [0.25, 0.3) is 5.91 Å². The zero-order valence-electron chi connectivity index (χ0n) is 22.0. The second-order valence-corrected chi connectivity index (χ2v) is 9.81. The number of aryl methyl sites for hydroxylation is 3. The van der Waals surface area contributed by atoms with Crippen molar-refractivity contribution in [3.05, 3.63) is 64.7 Å². The topological polar surface area (TPSA) is 87.7 Å². The van der Waals surface area contributed by atoms with Crippen molar-refractivity contribution in [2.24, 2.45) is 0 Å². The number of nitrogens with one attached hydrogen (secondary N) is 2. The van der Waals surface area contributed by atoms with Crippen LogP contribution >= 0.6 is 0 Å². The van der Waals surface area contributed by atoms with Crippen molar-refractivity contribution in [2.45, 2.75) is 73.0 Å². The molecule has 0 fully saturated rings. The number of rotatable bonds is 9. The molecule has 1 unspecified atom stereocenters. The molecule has 0 aliphatic carbocycles. The van der Waals surface area contributed by atoms with Gasteiger partial charge in [0.1, 0.15) is 18.2 Å². The van der Waals surface area contributed by atoms with Crippen molar-refractivity contribution < 1.29 is 19.1 Å². The lowest BCUT2D eigenvalue weighted by Crippen LogP contribution is -2.47. The van der Waals surface area contributed by atoms with E-state index in [2.05, 4.69) is 10.6 Å². The second-order valence-electron chi connectivity index (χ2n) is 9.81. The van der Waals surface area contributed by atoms with E-state index in [1.807, 2.05) is 70.2 Å². The van der Waals surface area contributed by atoms with Gasteiger partial charge >= 0.3 is 6.09 Å². The minimum atomic E-state index is -0.852. The smallest absolute Gasteiger partial charge is 0.408 e. The molecule has 2 N–H and O–H groups in total. The van der Waals surface area contributed by atoms with Crippen LogP contribution in [0.15, 0.2) is 42.5 Å². The van der Waals surface area contributed by atoms with Crippen LogP contribution in [0, 0.1) is 20.8 Å². The van der Waals surface area contributed by atoms with Crippen LogP contribution in [0.1, 0.15) is 68.8 Å². The van der Waals surface area contributed by atoms with Gasteiger partial charge in [-0.25, -0.2) is 4.79 Å². The number of para-hydroxylation sites is 1. The fourth-order valence-corrected chi connectivity index (χ4v) is 3.84. The summed E-state index contributed by atoms with van der Waals surface area (Å²) in [6.45, 7) is 13.2. The Morgan fingerprint density at radius 3 is 2.11 bits per heavy atom. The average molecular weight is 482 g/mol. The molecule has 0 aromatic heterocycles. The summed E-state index contributed by atoms with van der Waals surface area (Å²) in [6, 6.07) is 12.5. The number of benzene rings is 2. The molecule has 0 saturated carbocycles. The largest absolute Gasteiger partial charge is 0.444 e. The molecule has 2 aromatic carbocycles. The van der Waals surface area contributed by atoms with Crippen molar-refractivity contribution in [1.29, 1.82) is 0 Å². The van der Waals surface area contributed by atoms with Crippen molar-refractivity contribution in [3.63, 3.8) is 0 Å². The van der Waals surface area contributed by atoms with Gasteiger partial charge in [-0.1, -0.05) is 55.8 Å². The lowest BCUT2D eigenvalue weighted by Gasteiger charge is -2.33. The van der Waals surface area contributed by atoms with Gasteiger partial charge in [0.15, 0.2) is 0 Å². The van der Waals surface area contributed by atoms with Crippen molar-refractivity contribution in [3.8, 4) is 0 Å². The maximum atomic E-state index is 13.8. The SMILES string of the molecule is CCCCN(C(=O)CNC(=O)OC(C)(C)C)C(C(=O)Nc1c(C)cccc1C)c1ccccc1C. The van der Waals surface area contributed by atoms with Gasteiger partial charge < -0.3 is 20.3 Å². The fourth-order valence-electron chi connectivity index (χ4n) is 3.84. The number of unbranched alkanes of at least 4 members (excludes halogenated alkanes) is 1. The van der Waals surface area contributed by atoms with Crippen molar-refractivity contribution >= 4 is 23.6 Å². The van der Waals surface area contributed by atoms with Gasteiger partial charge in [0.05, 0.1) is 0 Å². The summed E-state index contributed by atoms with van der Waals surface area (Å²) in [4.78, 5) is 40.9. The number of amides is 3. The molecule has 35 heavy (non-hydrogen) atoms. The van der Waals surface area contributed by atoms with E-state index >= 15 is 0 Å². The Balaban J connectivity index is 2.41. The van der Waals surface area contributed by atoms with Crippen molar-refractivity contribution in [1.82, 2.24) is 10.2 Å². The first-order valence-electron chi connectivity index (χ1n) is 12.1. The molecular weight excluding hydrogens is 442 g/mol. The van der Waals surface area contributed by atoms with E-state index in [1.54, 1.807) is 25.7 Å². The minimum Gasteiger partial charge on any atom is -0.444 e. The summed E-state index contributed by atoms with van der Waals surface area (Å²) in [5.74, 6) is -0.646. The number of hydrogen-bond donors (Lipinski definition) is 2. The van der Waals surface area contributed by atoms with Crippen LogP contribution < -0.4 is 10.6 Å². The molecule has 0 spiro atoms. The van der Waals surface area contributed by atoms with E-state index in [0.717, 1.165) is 40.8 Å². The molecule has 2 rings (SSSR count). The number of hydrogen-bond acceptors (Lipinski definition) is 4. The zero-order valence-corrected chi connectivity index (χ0v) is 22.0. The third kappa shape index (κ3) is 8.12. The first-order valence-corrected chi connectivity index (χ1v) is 12.1. The summed E-state index contributed by atoms with van der Waals surface area (Å²) in [6.07, 6.45) is 0.896. The monoisotopic (exact) mass is 481 g/mol. The Labute approximate surface area is 209 Å². The van der Waals surface area contributed by atoms with Crippen LogP contribution in [0.2, 0.25) is 0 Å². The quantitative estimate of drug-likeness (QED) is 0.499. The summed E-state index contributed by atoms with van der Waals surface area (Å²) in [5.41, 5.74) is 3.61. The van der Waals surface area contributed by atoms with Crippen LogP contribution in [0.3, 0.4) is 0 Å². The minimum absolute atomic E-state index is 0.266. The Morgan fingerprint density at radius 1 is 0.943 bits per heavy atom. The summed E-state index contributed by atoms with van der Waals surface area (Å²) < 4.78 is 5.27. The Bertz CT molecular complexity index is 1020. The van der Waals surface area contributed by atoms with E-state index in [9.17, 15) is 14.4 Å². The van der Waals surface area contributed by atoms with E-state index in [0.29, 0.717) is 6.54 Å². The van der Waals surface area contributed by atoms with Crippen LogP contribution in [0.4, 0.5) is 10.5 Å². The zero-order chi connectivity index (χ0) is 26.2. The molecule has 190 valence electrons. The highest BCUT2D eigenvalue weighted by Gasteiger charge is 2.33. The van der Waals surface area contributed by atoms with E-state index in [-0.39, 0.29) is 18.4 Å². The highest BCUT2D eigenvalue weighted by Crippen LogP contribution is 2.28. The number of carbonyl (C=O) groups is 3. The summed E-state index contributed by atoms with van der Waals surface area (Å²) >= 11 is 0. The van der Waals surface area contributed by atoms with E-state index < -0.39 is 17.7 Å². The molecule has 7 heteroatoms. The predicted octanol–water partition coefficient (Wildman–Crippen LogP) is 5.45. The predicted molar refractivity (Wildman–Crippen MR) is 139 cm³/mol. The molecule has 2 aromatic rings. The molecule has 1 atom stereocenters. The molecule has 7 nitrogen and oxygen atoms in total. The molecule has 0 radical (unpaired) electrons. The first kappa shape index (κ1) is 27.9. The first-order chi connectivity index (χ1) is 16.4. The van der Waals surface area contributed by atoms with Gasteiger partial charge in [-0.15, -0.1) is 0 Å². The normalized spacial score (nSPS) is 12.0. The molecule has 0 bridgehead atoms. The molecule has 0 aliphatic heterocycles. The maximum Gasteiger partial charge on any atom is 0.408 e. The van der Waals surface area contributed by atoms with Crippen LogP contribution in [0.5, 0.6) is 0 Å². The fraction of sp³-hybridized carbons (Fsp3) is 0.464. The van der Waals surface area contributed by atoms with E-state index in [1.165, 1.54) is 0 Å². The average Bonchev–Trinajstić information content (AvgIpc) is 2.77. The standard InChI is InChI=1S/C28H39N3O4/c1-8-9-17-31(23(32)18-29-27(34)35-28(5,6)7)25(22-16-11-10-13-19(22)2)26(33)30-24-20(3)14-12-15-21(24)4/h10-16,25H,8-9,17-18H2,1-7H3,(H,29,34)(H,30,33). The lowest BCUT2D eigenvalue weighted by molar-refractivity contribution is -0.138. The highest BCUT2D eigenvalue weighted by atomic mass is 16.6. The third-order valence-corrected chi connectivity index (χ3v) is 5.63. The number of nitrogens with zero attached hydrogens (tertiary/aromatic N) is 1. The Hall–Kier alpha value is -3.35. The summed E-state index contributed by atoms with van der Waals surface area (Å²) in [5, 5.41) is 5.61. The molecule has 0 saturated heterocycles. The molecule has 0 aliphatic rings. The summed E-state index contributed by atoms with van der Waals surface area (Å²) in [7, 11) is 0. The number of carbonyl (C=O) groups excluding carboxylic acids is 3. The third-order valence-electron chi connectivity index (χ3n) is 5.63. The van der Waals surface area contributed by atoms with Gasteiger partial charge in [-0.3, -0.25) is 9.59 Å². The highest BCUT2D eigenvalue weighted by molar-refractivity contribution is 5.99. The van der Waals surface area contributed by atoms with E-state index in [4.69, 9.17) is 4.74 Å². The molecule has 3 amide bonds. The van der Waals surface area contributed by atoms with Crippen molar-refractivity contribution in [2.75, 3.05) is 18.4 Å². The Morgan fingerprint density at radius 2 is 1.54 bits per heavy atom. The lowest BCUT2D eigenvalue weighted by atomic mass is 9.98. The molecule has 0 heterocycles. The molecular formula is C28H39N3O4. The van der Waals surface area contributed by atoms with Crippen LogP contribution in [0.25, 0.3) is 0 Å². The van der Waals surface area contributed by atoms with Gasteiger partial charge in [-0.05, 0) is 70.2 Å². The maximum absolute atomic E-state index is 13.8. The van der Waals surface area contributed by atoms with Crippen LogP contribution in [-0.4, -0.2) is 41.5 Å². The Kier molecular flexibility index (Phi) is 9.87. The second kappa shape index (κ2) is 12.4. The van der Waals surface area contributed by atoms with Gasteiger partial charge in [0, 0.05) is 12.2 Å². The van der Waals surface area contributed by atoms with Gasteiger partial charge in [0.2, 0.25) is 5.91 Å². The van der Waals surface area contributed by atoms with Gasteiger partial charge in [-0.2, -0.15) is 0 Å². The van der Waals surface area contributed by atoms with Crippen LogP contribution in [-0.2, 0) is 14.3 Å². The number of alkyl carbamates (subject to hydrolysis) is 1.